The van der Waals surface area contributed by atoms with Crippen molar-refractivity contribution in [1.82, 2.24) is 9.88 Å². The lowest BCUT2D eigenvalue weighted by Gasteiger charge is -2.26. The maximum Gasteiger partial charge on any atom is 0.230 e. The molecule has 5 rings (SSSR count). The Balaban J connectivity index is 1.49. The molecule has 0 aliphatic carbocycles. The van der Waals surface area contributed by atoms with Crippen molar-refractivity contribution in [3.63, 3.8) is 0 Å². The van der Waals surface area contributed by atoms with Gasteiger partial charge in [-0.3, -0.25) is 4.79 Å². The van der Waals surface area contributed by atoms with Gasteiger partial charge >= 0.3 is 0 Å². The molecule has 2 heterocycles. The molecule has 38 heavy (non-hydrogen) atoms. The van der Waals surface area contributed by atoms with Gasteiger partial charge in [0.25, 0.3) is 0 Å². The first-order valence-electron chi connectivity index (χ1n) is 12.5. The van der Waals surface area contributed by atoms with Crippen LogP contribution in [0, 0.1) is 0 Å². The Morgan fingerprint density at radius 1 is 1.00 bits per heavy atom. The van der Waals surface area contributed by atoms with Gasteiger partial charge in [-0.05, 0) is 47.9 Å². The molecule has 3 aromatic carbocycles. The van der Waals surface area contributed by atoms with Crippen LogP contribution in [0.5, 0.6) is 23.1 Å². The Morgan fingerprint density at radius 3 is 2.53 bits per heavy atom. The van der Waals surface area contributed by atoms with E-state index in [0.29, 0.717) is 43.5 Å². The van der Waals surface area contributed by atoms with Gasteiger partial charge in [-0.1, -0.05) is 48.5 Å². The van der Waals surface area contributed by atoms with Gasteiger partial charge in [-0.25, -0.2) is 4.98 Å². The van der Waals surface area contributed by atoms with Crippen LogP contribution in [0.3, 0.4) is 0 Å². The number of phenols is 1. The number of benzene rings is 3. The summed E-state index contributed by atoms with van der Waals surface area (Å²) in [4.78, 5) is 20.5. The number of hydrogen-bond acceptors (Lipinski definition) is 6. The number of aromatic nitrogens is 1. The summed E-state index contributed by atoms with van der Waals surface area (Å²) >= 11 is 0. The van der Waals surface area contributed by atoms with E-state index in [1.807, 2.05) is 71.6 Å². The average molecular weight is 511 g/mol. The van der Waals surface area contributed by atoms with Crippen molar-refractivity contribution >= 4 is 5.91 Å². The lowest BCUT2D eigenvalue weighted by Crippen LogP contribution is -2.37. The summed E-state index contributed by atoms with van der Waals surface area (Å²) in [6.07, 6.45) is 0.518. The second kappa shape index (κ2) is 11.3. The lowest BCUT2D eigenvalue weighted by atomic mass is 9.90. The molecular weight excluding hydrogens is 480 g/mol. The predicted molar refractivity (Wildman–Crippen MR) is 145 cm³/mol. The van der Waals surface area contributed by atoms with Crippen molar-refractivity contribution < 1.29 is 24.1 Å². The molecule has 0 saturated carbocycles. The molecule has 1 aliphatic heterocycles. The first-order chi connectivity index (χ1) is 18.6. The number of aromatic hydroxyl groups is 1. The number of pyridine rings is 1. The molecule has 0 radical (unpaired) electrons. The van der Waals surface area contributed by atoms with E-state index in [4.69, 9.17) is 14.2 Å². The Hall–Kier alpha value is -4.52. The summed E-state index contributed by atoms with van der Waals surface area (Å²) in [5, 5.41) is 9.71. The van der Waals surface area contributed by atoms with E-state index < -0.39 is 0 Å². The largest absolute Gasteiger partial charge is 0.508 e. The third kappa shape index (κ3) is 5.42. The predicted octanol–water partition coefficient (Wildman–Crippen LogP) is 5.22. The molecule has 0 saturated heterocycles. The van der Waals surface area contributed by atoms with Crippen LogP contribution in [0.4, 0.5) is 0 Å². The minimum Gasteiger partial charge on any atom is -0.508 e. The molecule has 7 heteroatoms. The number of hydrogen-bond donors (Lipinski definition) is 1. The molecule has 1 aromatic heterocycles. The maximum atomic E-state index is 14.1. The fourth-order valence-corrected chi connectivity index (χ4v) is 4.78. The second-order valence-electron chi connectivity index (χ2n) is 9.17. The highest BCUT2D eigenvalue weighted by Gasteiger charge is 2.29. The van der Waals surface area contributed by atoms with Crippen molar-refractivity contribution in [3.8, 4) is 34.4 Å². The van der Waals surface area contributed by atoms with Gasteiger partial charge in [0.05, 0.1) is 32.4 Å². The number of carbonyl (C=O) groups excluding carboxylic acids is 1. The van der Waals surface area contributed by atoms with Crippen LogP contribution in [0.2, 0.25) is 0 Å². The number of rotatable bonds is 7. The number of nitrogens with zero attached hydrogens (tertiary/aromatic N) is 2. The molecule has 194 valence electrons. The van der Waals surface area contributed by atoms with Gasteiger partial charge < -0.3 is 24.2 Å². The van der Waals surface area contributed by atoms with E-state index in [9.17, 15) is 9.90 Å². The number of methoxy groups -OCH3 is 2. The highest BCUT2D eigenvalue weighted by atomic mass is 16.5. The monoisotopic (exact) mass is 510 g/mol. The third-order valence-corrected chi connectivity index (χ3v) is 6.74. The van der Waals surface area contributed by atoms with E-state index in [1.54, 1.807) is 32.4 Å². The SMILES string of the molecule is COc1cccc(-c2cc3c(c(OC)c2)OCCN(C(=O)C(Cc2ccc(O)cc2)c2ccccc2)C3)n1. The van der Waals surface area contributed by atoms with Crippen molar-refractivity contribution in [1.29, 1.82) is 0 Å². The Bertz CT molecular complexity index is 1410. The zero-order valence-corrected chi connectivity index (χ0v) is 21.5. The molecule has 1 N–H and O–H groups in total. The van der Waals surface area contributed by atoms with Gasteiger partial charge in [0.1, 0.15) is 12.4 Å². The molecular formula is C31H30N2O5. The first kappa shape index (κ1) is 25.1. The van der Waals surface area contributed by atoms with Crippen LogP contribution in [-0.4, -0.2) is 48.3 Å². The Labute approximate surface area is 222 Å². The van der Waals surface area contributed by atoms with E-state index in [-0.39, 0.29) is 17.6 Å². The summed E-state index contributed by atoms with van der Waals surface area (Å²) in [5.74, 6) is 1.60. The number of fused-ring (bicyclic) bond motifs is 1. The van der Waals surface area contributed by atoms with Gasteiger partial charge in [-0.2, -0.15) is 0 Å². The van der Waals surface area contributed by atoms with Crippen molar-refractivity contribution in [2.24, 2.45) is 0 Å². The first-order valence-corrected chi connectivity index (χ1v) is 12.5. The zero-order chi connectivity index (χ0) is 26.5. The maximum absolute atomic E-state index is 14.1. The Kier molecular flexibility index (Phi) is 7.45. The zero-order valence-electron chi connectivity index (χ0n) is 21.5. The summed E-state index contributed by atoms with van der Waals surface area (Å²) in [6, 6.07) is 26.3. The number of amides is 1. The van der Waals surface area contributed by atoms with Crippen molar-refractivity contribution in [2.45, 2.75) is 18.9 Å². The van der Waals surface area contributed by atoms with Crippen molar-refractivity contribution in [3.05, 3.63) is 102 Å². The number of carbonyl (C=O) groups is 1. The van der Waals surface area contributed by atoms with E-state index in [1.165, 1.54) is 0 Å². The van der Waals surface area contributed by atoms with Crippen LogP contribution < -0.4 is 14.2 Å². The molecule has 0 fully saturated rings. The number of ether oxygens (including phenoxy) is 3. The van der Waals surface area contributed by atoms with Crippen molar-refractivity contribution in [2.75, 3.05) is 27.4 Å². The summed E-state index contributed by atoms with van der Waals surface area (Å²) in [6.45, 7) is 1.18. The Morgan fingerprint density at radius 2 is 1.79 bits per heavy atom. The highest BCUT2D eigenvalue weighted by molar-refractivity contribution is 5.84. The molecule has 1 unspecified atom stereocenters. The topological polar surface area (TPSA) is 81.1 Å². The molecule has 0 bridgehead atoms. The lowest BCUT2D eigenvalue weighted by molar-refractivity contribution is -0.133. The van der Waals surface area contributed by atoms with Crippen LogP contribution >= 0.6 is 0 Å². The van der Waals surface area contributed by atoms with Crippen LogP contribution in [0.25, 0.3) is 11.3 Å². The number of phenolic OH excluding ortho intramolecular Hbond substituents is 1. The van der Waals surface area contributed by atoms with E-state index in [2.05, 4.69) is 4.98 Å². The molecule has 7 nitrogen and oxygen atoms in total. The molecule has 1 amide bonds. The van der Waals surface area contributed by atoms with Gasteiger partial charge in [0, 0.05) is 23.7 Å². The molecule has 1 atom stereocenters. The summed E-state index contributed by atoms with van der Waals surface area (Å²) in [5.41, 5.74) is 4.36. The third-order valence-electron chi connectivity index (χ3n) is 6.74. The summed E-state index contributed by atoms with van der Waals surface area (Å²) < 4.78 is 17.1. The van der Waals surface area contributed by atoms with Crippen LogP contribution in [0.15, 0.2) is 84.9 Å². The van der Waals surface area contributed by atoms with Gasteiger partial charge in [0.2, 0.25) is 11.8 Å². The van der Waals surface area contributed by atoms with E-state index >= 15 is 0 Å². The van der Waals surface area contributed by atoms with Gasteiger partial charge in [-0.15, -0.1) is 0 Å². The molecule has 0 spiro atoms. The fraction of sp³-hybridized carbons (Fsp3) is 0.226. The fourth-order valence-electron chi connectivity index (χ4n) is 4.78. The summed E-state index contributed by atoms with van der Waals surface area (Å²) in [7, 11) is 3.20. The minimum atomic E-state index is -0.382. The molecule has 4 aromatic rings. The smallest absolute Gasteiger partial charge is 0.230 e. The van der Waals surface area contributed by atoms with Crippen LogP contribution in [-0.2, 0) is 17.8 Å². The van der Waals surface area contributed by atoms with Gasteiger partial charge in [0.15, 0.2) is 11.5 Å². The highest BCUT2D eigenvalue weighted by Crippen LogP contribution is 2.39. The second-order valence-corrected chi connectivity index (χ2v) is 9.17. The molecule has 1 aliphatic rings. The normalized spacial score (nSPS) is 13.6. The standard InChI is InChI=1S/C31H30N2O5/c1-36-28-19-23(27-9-6-10-29(32-27)37-2)18-24-20-33(15-16-38-30(24)28)31(35)26(22-7-4-3-5-8-22)17-21-11-13-25(34)14-12-21/h3-14,18-19,26,34H,15-17,20H2,1-2H3. The minimum absolute atomic E-state index is 0.0181. The van der Waals surface area contributed by atoms with Crippen LogP contribution in [0.1, 0.15) is 22.6 Å². The average Bonchev–Trinajstić information content (AvgIpc) is 3.19. The van der Waals surface area contributed by atoms with E-state index in [0.717, 1.165) is 27.9 Å². The quantitative estimate of drug-likeness (QED) is 0.367.